The summed E-state index contributed by atoms with van der Waals surface area (Å²) in [5, 5.41) is 2.96. The smallest absolute Gasteiger partial charge is 0.234 e. The van der Waals surface area contributed by atoms with Gasteiger partial charge in [0.1, 0.15) is 0 Å². The molecule has 1 aromatic carbocycles. The van der Waals surface area contributed by atoms with E-state index in [1.807, 2.05) is 35.2 Å². The van der Waals surface area contributed by atoms with Gasteiger partial charge in [0.25, 0.3) is 0 Å². The Labute approximate surface area is 155 Å². The summed E-state index contributed by atoms with van der Waals surface area (Å²) in [6.45, 7) is 4.48. The zero-order chi connectivity index (χ0) is 18.4. The summed E-state index contributed by atoms with van der Waals surface area (Å²) in [5.74, 6) is 0.767. The largest absolute Gasteiger partial charge is 0.351 e. The van der Waals surface area contributed by atoms with E-state index in [1.54, 1.807) is 0 Å². The van der Waals surface area contributed by atoms with E-state index < -0.39 is 0 Å². The van der Waals surface area contributed by atoms with Gasteiger partial charge in [-0.3, -0.25) is 14.5 Å². The molecule has 0 bridgehead atoms. The first-order valence-corrected chi connectivity index (χ1v) is 9.69. The van der Waals surface area contributed by atoms with Crippen LogP contribution in [0.2, 0.25) is 0 Å². The molecule has 2 aliphatic rings. The molecule has 0 spiro atoms. The number of rotatable bonds is 6. The summed E-state index contributed by atoms with van der Waals surface area (Å²) in [5.41, 5.74) is 6.91. The third kappa shape index (κ3) is 4.83. The molecule has 2 amide bonds. The van der Waals surface area contributed by atoms with Gasteiger partial charge in [0.2, 0.25) is 11.8 Å². The molecule has 1 aliphatic carbocycles. The van der Waals surface area contributed by atoms with Crippen LogP contribution in [0.4, 0.5) is 0 Å². The molecular weight excluding hydrogens is 328 g/mol. The van der Waals surface area contributed by atoms with Crippen molar-refractivity contribution in [2.24, 2.45) is 17.6 Å². The molecule has 2 fully saturated rings. The summed E-state index contributed by atoms with van der Waals surface area (Å²) in [7, 11) is 0. The molecule has 3 N–H and O–H groups in total. The van der Waals surface area contributed by atoms with Crippen LogP contribution in [-0.4, -0.2) is 60.9 Å². The number of hydrogen-bond donors (Lipinski definition) is 2. The fourth-order valence-corrected chi connectivity index (χ4v) is 4.06. The normalized spacial score (nSPS) is 23.8. The number of amides is 2. The van der Waals surface area contributed by atoms with E-state index in [1.165, 1.54) is 0 Å². The summed E-state index contributed by atoms with van der Waals surface area (Å²) < 4.78 is 0. The Bertz CT molecular complexity index is 599. The molecule has 1 aliphatic heterocycles. The van der Waals surface area contributed by atoms with Crippen molar-refractivity contribution in [1.29, 1.82) is 0 Å². The van der Waals surface area contributed by atoms with Crippen LogP contribution in [-0.2, 0) is 16.1 Å². The first-order chi connectivity index (χ1) is 12.7. The molecule has 2 atom stereocenters. The molecule has 1 saturated carbocycles. The molecule has 6 nitrogen and oxygen atoms in total. The molecule has 26 heavy (non-hydrogen) atoms. The Balaban J connectivity index is 1.39. The van der Waals surface area contributed by atoms with E-state index in [0.717, 1.165) is 37.9 Å². The highest BCUT2D eigenvalue weighted by atomic mass is 16.2. The lowest BCUT2D eigenvalue weighted by Crippen LogP contribution is -2.52. The van der Waals surface area contributed by atoms with Crippen LogP contribution in [0.5, 0.6) is 0 Å². The molecule has 0 unspecified atom stereocenters. The topological polar surface area (TPSA) is 78.7 Å². The minimum atomic E-state index is 0.0348. The van der Waals surface area contributed by atoms with E-state index in [4.69, 9.17) is 5.73 Å². The molecule has 0 aromatic heterocycles. The number of nitrogens with one attached hydrogen (secondary N) is 1. The molecule has 1 heterocycles. The maximum atomic E-state index is 12.7. The number of hydrogen-bond acceptors (Lipinski definition) is 4. The highest BCUT2D eigenvalue weighted by molar-refractivity contribution is 5.80. The van der Waals surface area contributed by atoms with Gasteiger partial charge in [0.15, 0.2) is 0 Å². The van der Waals surface area contributed by atoms with Gasteiger partial charge in [0.05, 0.1) is 6.54 Å². The fourth-order valence-electron chi connectivity index (χ4n) is 4.06. The number of carbonyl (C=O) groups excluding carboxylic acids is 2. The summed E-state index contributed by atoms with van der Waals surface area (Å²) >= 11 is 0. The number of nitrogens with zero attached hydrogens (tertiary/aromatic N) is 2. The van der Waals surface area contributed by atoms with Crippen LogP contribution in [0.25, 0.3) is 0 Å². The Hall–Kier alpha value is -1.92. The lowest BCUT2D eigenvalue weighted by Gasteiger charge is -2.36. The van der Waals surface area contributed by atoms with E-state index in [9.17, 15) is 9.59 Å². The van der Waals surface area contributed by atoms with Gasteiger partial charge in [-0.15, -0.1) is 0 Å². The van der Waals surface area contributed by atoms with Gasteiger partial charge in [0, 0.05) is 38.6 Å². The van der Waals surface area contributed by atoms with Gasteiger partial charge >= 0.3 is 0 Å². The Morgan fingerprint density at radius 2 is 1.81 bits per heavy atom. The minimum absolute atomic E-state index is 0.0348. The first kappa shape index (κ1) is 18.9. The maximum Gasteiger partial charge on any atom is 0.234 e. The second-order valence-corrected chi connectivity index (χ2v) is 7.40. The molecule has 3 rings (SSSR count). The zero-order valence-electron chi connectivity index (χ0n) is 15.4. The van der Waals surface area contributed by atoms with Gasteiger partial charge in [-0.1, -0.05) is 36.8 Å². The summed E-state index contributed by atoms with van der Waals surface area (Å²) in [6.07, 6.45) is 3.16. The van der Waals surface area contributed by atoms with Gasteiger partial charge in [-0.2, -0.15) is 0 Å². The Kier molecular flexibility index (Phi) is 6.63. The van der Waals surface area contributed by atoms with Crippen molar-refractivity contribution < 1.29 is 9.59 Å². The quantitative estimate of drug-likeness (QED) is 0.789. The Morgan fingerprint density at radius 1 is 1.08 bits per heavy atom. The van der Waals surface area contributed by atoms with Crippen molar-refractivity contribution in [2.75, 3.05) is 39.3 Å². The second kappa shape index (κ2) is 9.14. The van der Waals surface area contributed by atoms with Crippen molar-refractivity contribution in [3.8, 4) is 0 Å². The van der Waals surface area contributed by atoms with Crippen molar-refractivity contribution in [1.82, 2.24) is 15.1 Å². The lowest BCUT2D eigenvalue weighted by molar-refractivity contribution is -0.138. The standard InChI is InChI=1S/C20H30N4O2/c21-13-17-7-4-8-18(17)20(26)24-11-9-23(10-12-24)15-19(25)22-14-16-5-2-1-3-6-16/h1-3,5-6,17-18H,4,7-15,21H2,(H,22,25)/t17-,18-/m1/s1. The van der Waals surface area contributed by atoms with E-state index in [-0.39, 0.29) is 17.7 Å². The molecular formula is C20H30N4O2. The fraction of sp³-hybridized carbons (Fsp3) is 0.600. The third-order valence-corrected chi connectivity index (χ3v) is 5.66. The number of piperazine rings is 1. The van der Waals surface area contributed by atoms with Crippen molar-refractivity contribution in [2.45, 2.75) is 25.8 Å². The van der Waals surface area contributed by atoms with Crippen LogP contribution in [0.3, 0.4) is 0 Å². The molecule has 142 valence electrons. The predicted molar refractivity (Wildman–Crippen MR) is 101 cm³/mol. The zero-order valence-corrected chi connectivity index (χ0v) is 15.4. The van der Waals surface area contributed by atoms with Gasteiger partial charge in [-0.25, -0.2) is 0 Å². The summed E-state index contributed by atoms with van der Waals surface area (Å²) in [6, 6.07) is 9.91. The third-order valence-electron chi connectivity index (χ3n) is 5.66. The van der Waals surface area contributed by atoms with Crippen LogP contribution in [0.15, 0.2) is 30.3 Å². The van der Waals surface area contributed by atoms with Crippen LogP contribution < -0.4 is 11.1 Å². The lowest BCUT2D eigenvalue weighted by atomic mass is 9.94. The molecule has 0 radical (unpaired) electrons. The van der Waals surface area contributed by atoms with Gasteiger partial charge in [-0.05, 0) is 30.9 Å². The monoisotopic (exact) mass is 358 g/mol. The van der Waals surface area contributed by atoms with Crippen molar-refractivity contribution in [3.05, 3.63) is 35.9 Å². The molecule has 6 heteroatoms. The van der Waals surface area contributed by atoms with Crippen molar-refractivity contribution in [3.63, 3.8) is 0 Å². The predicted octanol–water partition coefficient (Wildman–Crippen LogP) is 0.822. The van der Waals surface area contributed by atoms with Crippen LogP contribution in [0.1, 0.15) is 24.8 Å². The first-order valence-electron chi connectivity index (χ1n) is 9.69. The van der Waals surface area contributed by atoms with E-state index in [2.05, 4.69) is 10.2 Å². The number of benzene rings is 1. The summed E-state index contributed by atoms with van der Waals surface area (Å²) in [4.78, 5) is 29.0. The molecule has 1 saturated heterocycles. The Morgan fingerprint density at radius 3 is 2.50 bits per heavy atom. The highest BCUT2D eigenvalue weighted by Crippen LogP contribution is 2.32. The highest BCUT2D eigenvalue weighted by Gasteiger charge is 2.35. The number of nitrogens with two attached hydrogens (primary N) is 1. The average molecular weight is 358 g/mol. The van der Waals surface area contributed by atoms with Gasteiger partial charge < -0.3 is 16.0 Å². The second-order valence-electron chi connectivity index (χ2n) is 7.40. The minimum Gasteiger partial charge on any atom is -0.351 e. The van der Waals surface area contributed by atoms with Crippen LogP contribution >= 0.6 is 0 Å². The van der Waals surface area contributed by atoms with Crippen LogP contribution in [0, 0.1) is 11.8 Å². The SMILES string of the molecule is NC[C@H]1CCC[C@H]1C(=O)N1CCN(CC(=O)NCc2ccccc2)CC1. The van der Waals surface area contributed by atoms with E-state index >= 15 is 0 Å². The van der Waals surface area contributed by atoms with E-state index in [0.29, 0.717) is 38.6 Å². The van der Waals surface area contributed by atoms with Crippen molar-refractivity contribution >= 4 is 11.8 Å². The maximum absolute atomic E-state index is 12.7. The number of carbonyl (C=O) groups is 2. The molecule has 1 aromatic rings. The average Bonchev–Trinajstić information content (AvgIpc) is 3.16.